The van der Waals surface area contributed by atoms with E-state index in [-0.39, 0.29) is 22.9 Å². The zero-order valence-electron chi connectivity index (χ0n) is 11.0. The molecule has 2 heterocycles. The van der Waals surface area contributed by atoms with Crippen LogP contribution in [0.2, 0.25) is 5.02 Å². The first-order valence-corrected chi connectivity index (χ1v) is 7.22. The Morgan fingerprint density at radius 2 is 2.25 bits per heavy atom. The highest BCUT2D eigenvalue weighted by molar-refractivity contribution is 6.31. The highest BCUT2D eigenvalue weighted by Crippen LogP contribution is 2.25. The summed E-state index contributed by atoms with van der Waals surface area (Å²) in [6, 6.07) is 4.90. The molecule has 0 aliphatic carbocycles. The van der Waals surface area contributed by atoms with Crippen LogP contribution in [-0.2, 0) is 4.79 Å². The van der Waals surface area contributed by atoms with Gasteiger partial charge in [0.05, 0.1) is 10.9 Å². The normalized spacial score (nSPS) is 22.7. The molecule has 0 spiro atoms. The van der Waals surface area contributed by atoms with Crippen molar-refractivity contribution in [2.45, 2.75) is 12.5 Å². The SMILES string of the molecule is O=C(NC1CCN(c2ccc(F)c(Cl)c2)C1)C1CNC1. The Hall–Kier alpha value is -1.33. The van der Waals surface area contributed by atoms with E-state index in [9.17, 15) is 9.18 Å². The number of hydrogen-bond donors (Lipinski definition) is 2. The average Bonchev–Trinajstić information content (AvgIpc) is 2.78. The average molecular weight is 298 g/mol. The highest BCUT2D eigenvalue weighted by Gasteiger charge is 2.29. The standard InChI is InChI=1S/C14H17ClFN3O/c15-12-5-11(1-2-13(12)16)19-4-3-10(8-19)18-14(20)9-6-17-7-9/h1-2,5,9-10,17H,3-4,6-8H2,(H,18,20). The Balaban J connectivity index is 1.58. The zero-order valence-corrected chi connectivity index (χ0v) is 11.8. The van der Waals surface area contributed by atoms with E-state index in [2.05, 4.69) is 15.5 Å². The topological polar surface area (TPSA) is 44.4 Å². The van der Waals surface area contributed by atoms with Gasteiger partial charge in [-0.3, -0.25) is 4.79 Å². The Kier molecular flexibility index (Phi) is 3.81. The molecule has 6 heteroatoms. The van der Waals surface area contributed by atoms with Crippen molar-refractivity contribution in [3.05, 3.63) is 29.0 Å². The van der Waals surface area contributed by atoms with Crippen molar-refractivity contribution in [1.29, 1.82) is 0 Å². The molecule has 1 unspecified atom stereocenters. The lowest BCUT2D eigenvalue weighted by molar-refractivity contribution is -0.127. The summed E-state index contributed by atoms with van der Waals surface area (Å²) in [4.78, 5) is 14.0. The molecule has 1 aromatic rings. The largest absolute Gasteiger partial charge is 0.369 e. The Morgan fingerprint density at radius 1 is 1.45 bits per heavy atom. The van der Waals surface area contributed by atoms with Gasteiger partial charge in [0.2, 0.25) is 5.91 Å². The molecule has 0 saturated carbocycles. The van der Waals surface area contributed by atoms with Crippen LogP contribution in [0.3, 0.4) is 0 Å². The fourth-order valence-corrected chi connectivity index (χ4v) is 2.76. The van der Waals surface area contributed by atoms with Crippen LogP contribution in [0.25, 0.3) is 0 Å². The quantitative estimate of drug-likeness (QED) is 0.886. The van der Waals surface area contributed by atoms with Crippen LogP contribution in [0.1, 0.15) is 6.42 Å². The molecular weight excluding hydrogens is 281 g/mol. The number of halogens is 2. The van der Waals surface area contributed by atoms with Crippen molar-refractivity contribution in [3.63, 3.8) is 0 Å². The first kappa shape index (κ1) is 13.6. The number of benzene rings is 1. The van der Waals surface area contributed by atoms with E-state index >= 15 is 0 Å². The smallest absolute Gasteiger partial charge is 0.225 e. The van der Waals surface area contributed by atoms with Gasteiger partial charge in [0, 0.05) is 37.9 Å². The molecule has 0 radical (unpaired) electrons. The highest BCUT2D eigenvalue weighted by atomic mass is 35.5. The second-order valence-electron chi connectivity index (χ2n) is 5.39. The number of nitrogens with zero attached hydrogens (tertiary/aromatic N) is 1. The fourth-order valence-electron chi connectivity index (χ4n) is 2.59. The van der Waals surface area contributed by atoms with Gasteiger partial charge in [0.15, 0.2) is 0 Å². The monoisotopic (exact) mass is 297 g/mol. The minimum absolute atomic E-state index is 0.115. The minimum atomic E-state index is -0.406. The molecular formula is C14H17ClFN3O. The lowest BCUT2D eigenvalue weighted by atomic mass is 10.0. The first-order valence-electron chi connectivity index (χ1n) is 6.84. The molecule has 2 aliphatic rings. The summed E-state index contributed by atoms with van der Waals surface area (Å²) >= 11 is 5.80. The number of amides is 1. The van der Waals surface area contributed by atoms with Gasteiger partial charge >= 0.3 is 0 Å². The van der Waals surface area contributed by atoms with Gasteiger partial charge in [0.25, 0.3) is 0 Å². The molecule has 108 valence electrons. The minimum Gasteiger partial charge on any atom is -0.369 e. The second-order valence-corrected chi connectivity index (χ2v) is 5.80. The summed E-state index contributed by atoms with van der Waals surface area (Å²) < 4.78 is 13.2. The van der Waals surface area contributed by atoms with Crippen molar-refractivity contribution in [3.8, 4) is 0 Å². The maximum atomic E-state index is 13.2. The van der Waals surface area contributed by atoms with E-state index in [1.807, 2.05) is 0 Å². The Bertz CT molecular complexity index is 521. The van der Waals surface area contributed by atoms with Crippen LogP contribution < -0.4 is 15.5 Å². The maximum absolute atomic E-state index is 13.2. The lowest BCUT2D eigenvalue weighted by Crippen LogP contribution is -2.53. The first-order chi connectivity index (χ1) is 9.63. The molecule has 2 N–H and O–H groups in total. The van der Waals surface area contributed by atoms with Crippen LogP contribution in [0, 0.1) is 11.7 Å². The summed E-state index contributed by atoms with van der Waals surface area (Å²) in [6.07, 6.45) is 0.904. The molecule has 3 rings (SSSR count). The van der Waals surface area contributed by atoms with Crippen LogP contribution >= 0.6 is 11.6 Å². The predicted molar refractivity (Wildman–Crippen MR) is 76.5 cm³/mol. The van der Waals surface area contributed by atoms with Gasteiger partial charge < -0.3 is 15.5 Å². The number of anilines is 1. The van der Waals surface area contributed by atoms with Gasteiger partial charge in [-0.2, -0.15) is 0 Å². The van der Waals surface area contributed by atoms with Gasteiger partial charge in [0.1, 0.15) is 5.82 Å². The van der Waals surface area contributed by atoms with Crippen molar-refractivity contribution in [1.82, 2.24) is 10.6 Å². The van der Waals surface area contributed by atoms with Crippen LogP contribution in [-0.4, -0.2) is 38.1 Å². The molecule has 0 aromatic heterocycles. The van der Waals surface area contributed by atoms with Crippen LogP contribution in [0.5, 0.6) is 0 Å². The Morgan fingerprint density at radius 3 is 2.90 bits per heavy atom. The molecule has 1 atom stereocenters. The second kappa shape index (κ2) is 5.58. The van der Waals surface area contributed by atoms with E-state index in [1.54, 1.807) is 12.1 Å². The summed E-state index contributed by atoms with van der Waals surface area (Å²) in [5, 5.41) is 6.31. The summed E-state index contributed by atoms with van der Waals surface area (Å²) in [7, 11) is 0. The van der Waals surface area contributed by atoms with E-state index in [0.717, 1.165) is 38.3 Å². The molecule has 2 saturated heterocycles. The molecule has 2 aliphatic heterocycles. The Labute approximate surface area is 122 Å². The van der Waals surface area contributed by atoms with Crippen molar-refractivity contribution in [2.75, 3.05) is 31.1 Å². The van der Waals surface area contributed by atoms with Gasteiger partial charge in [-0.05, 0) is 24.6 Å². The number of carbonyl (C=O) groups excluding carboxylic acids is 1. The van der Waals surface area contributed by atoms with Gasteiger partial charge in [-0.25, -0.2) is 4.39 Å². The molecule has 1 amide bonds. The molecule has 4 nitrogen and oxygen atoms in total. The maximum Gasteiger partial charge on any atom is 0.225 e. The number of nitrogens with one attached hydrogen (secondary N) is 2. The van der Waals surface area contributed by atoms with E-state index < -0.39 is 5.82 Å². The van der Waals surface area contributed by atoms with Gasteiger partial charge in [-0.1, -0.05) is 11.6 Å². The molecule has 0 bridgehead atoms. The third kappa shape index (κ3) is 2.74. The fraction of sp³-hybridized carbons (Fsp3) is 0.500. The molecule has 2 fully saturated rings. The summed E-state index contributed by atoms with van der Waals surface area (Å²) in [6.45, 7) is 3.13. The van der Waals surface area contributed by atoms with Crippen LogP contribution in [0.15, 0.2) is 18.2 Å². The van der Waals surface area contributed by atoms with Crippen LogP contribution in [0.4, 0.5) is 10.1 Å². The van der Waals surface area contributed by atoms with Crippen molar-refractivity contribution >= 4 is 23.2 Å². The summed E-state index contributed by atoms with van der Waals surface area (Å²) in [5.74, 6) is -0.158. The summed E-state index contributed by atoms with van der Waals surface area (Å²) in [5.41, 5.74) is 0.901. The molecule has 20 heavy (non-hydrogen) atoms. The van der Waals surface area contributed by atoms with Crippen molar-refractivity contribution in [2.24, 2.45) is 5.92 Å². The number of rotatable bonds is 3. The van der Waals surface area contributed by atoms with E-state index in [0.29, 0.717) is 0 Å². The van der Waals surface area contributed by atoms with E-state index in [1.165, 1.54) is 6.07 Å². The number of carbonyl (C=O) groups is 1. The molecule has 1 aromatic carbocycles. The van der Waals surface area contributed by atoms with Gasteiger partial charge in [-0.15, -0.1) is 0 Å². The lowest BCUT2D eigenvalue weighted by Gasteiger charge is -2.27. The zero-order chi connectivity index (χ0) is 14.1. The van der Waals surface area contributed by atoms with E-state index in [4.69, 9.17) is 11.6 Å². The third-order valence-electron chi connectivity index (χ3n) is 3.96. The number of hydrogen-bond acceptors (Lipinski definition) is 3. The predicted octanol–water partition coefficient (Wildman–Crippen LogP) is 1.39. The van der Waals surface area contributed by atoms with Crippen molar-refractivity contribution < 1.29 is 9.18 Å². The third-order valence-corrected chi connectivity index (χ3v) is 4.24.